The molecule has 0 radical (unpaired) electrons. The van der Waals surface area contributed by atoms with Crippen LogP contribution in [0.1, 0.15) is 36.4 Å². The maximum absolute atomic E-state index is 13.9. The fourth-order valence-electron chi connectivity index (χ4n) is 6.49. The number of alkyl halides is 2. The highest BCUT2D eigenvalue weighted by molar-refractivity contribution is 5.87. The summed E-state index contributed by atoms with van der Waals surface area (Å²) in [7, 11) is 0. The molecule has 3 N–H and O–H groups in total. The first kappa shape index (κ1) is 27.8. The van der Waals surface area contributed by atoms with Crippen LogP contribution in [0.15, 0.2) is 79.8 Å². The largest absolute Gasteiger partial charge is 0.383 e. The van der Waals surface area contributed by atoms with Gasteiger partial charge in [0.15, 0.2) is 17.3 Å². The number of amides is 1. The van der Waals surface area contributed by atoms with Gasteiger partial charge in [-0.05, 0) is 85.4 Å². The molecular formula is C32H31F2N9O. The lowest BCUT2D eigenvalue weighted by atomic mass is 9.95. The van der Waals surface area contributed by atoms with Crippen molar-refractivity contribution in [3.8, 4) is 22.9 Å². The summed E-state index contributed by atoms with van der Waals surface area (Å²) in [6, 6.07) is 14.4. The number of hydrogen-bond acceptors (Lipinski definition) is 7. The monoisotopic (exact) mass is 595 g/mol. The van der Waals surface area contributed by atoms with E-state index in [1.165, 1.54) is 10.5 Å². The SMILES string of the molecule is C=CC(=O)N1CCC(NC2CCc3cc(-n4c(-c5cccnc5N)nc5ccc(-n6cccn6)nc54)ccc32)C[C@H]1C(F)F. The summed E-state index contributed by atoms with van der Waals surface area (Å²) in [5, 5.41) is 7.96. The maximum Gasteiger partial charge on any atom is 0.258 e. The minimum Gasteiger partial charge on any atom is -0.383 e. The van der Waals surface area contributed by atoms with Crippen LogP contribution in [-0.4, -0.2) is 65.2 Å². The number of fused-ring (bicyclic) bond motifs is 2. The van der Waals surface area contributed by atoms with E-state index >= 15 is 0 Å². The van der Waals surface area contributed by atoms with Crippen molar-refractivity contribution >= 4 is 22.9 Å². The molecule has 0 saturated carbocycles. The van der Waals surface area contributed by atoms with Gasteiger partial charge in [-0.25, -0.2) is 28.4 Å². The number of nitrogens with two attached hydrogens (primary N) is 1. The number of imidazole rings is 1. The molecule has 2 unspecified atom stereocenters. The zero-order valence-electron chi connectivity index (χ0n) is 23.9. The Morgan fingerprint density at radius 2 is 2.00 bits per heavy atom. The van der Waals surface area contributed by atoms with Crippen LogP contribution in [0.4, 0.5) is 14.6 Å². The van der Waals surface area contributed by atoms with Crippen molar-refractivity contribution in [1.82, 2.24) is 39.5 Å². The van der Waals surface area contributed by atoms with E-state index in [9.17, 15) is 13.6 Å². The van der Waals surface area contributed by atoms with Crippen molar-refractivity contribution in [2.45, 2.75) is 50.2 Å². The Kier molecular flexibility index (Phi) is 7.13. The molecule has 7 rings (SSSR count). The van der Waals surface area contributed by atoms with Crippen molar-refractivity contribution in [3.63, 3.8) is 0 Å². The topological polar surface area (TPSA) is 120 Å². The van der Waals surface area contributed by atoms with Crippen molar-refractivity contribution in [3.05, 3.63) is 90.9 Å². The minimum absolute atomic E-state index is 0.0292. The molecule has 1 aliphatic heterocycles. The number of nitrogens with one attached hydrogen (secondary N) is 1. The van der Waals surface area contributed by atoms with Gasteiger partial charge in [0.2, 0.25) is 5.91 Å². The van der Waals surface area contributed by atoms with Gasteiger partial charge >= 0.3 is 0 Å². The molecule has 1 aliphatic carbocycles. The van der Waals surface area contributed by atoms with E-state index in [0.717, 1.165) is 30.2 Å². The second-order valence-electron chi connectivity index (χ2n) is 11.2. The summed E-state index contributed by atoms with van der Waals surface area (Å²) < 4.78 is 31.5. The first-order valence-electron chi connectivity index (χ1n) is 14.6. The number of nitrogens with zero attached hydrogens (tertiary/aromatic N) is 7. The average Bonchev–Trinajstić information content (AvgIpc) is 3.79. The lowest BCUT2D eigenvalue weighted by molar-refractivity contribution is -0.134. The van der Waals surface area contributed by atoms with Gasteiger partial charge < -0.3 is 16.0 Å². The number of carbonyl (C=O) groups is 1. The van der Waals surface area contributed by atoms with Gasteiger partial charge in [0, 0.05) is 42.9 Å². The van der Waals surface area contributed by atoms with Gasteiger partial charge in [0.1, 0.15) is 11.3 Å². The molecule has 1 aromatic carbocycles. The van der Waals surface area contributed by atoms with E-state index in [-0.39, 0.29) is 25.0 Å². The first-order valence-corrected chi connectivity index (χ1v) is 14.6. The van der Waals surface area contributed by atoms with Crippen LogP contribution in [0.5, 0.6) is 0 Å². The van der Waals surface area contributed by atoms with E-state index in [2.05, 4.69) is 34.1 Å². The highest BCUT2D eigenvalue weighted by Gasteiger charge is 2.37. The first-order chi connectivity index (χ1) is 21.4. The molecule has 1 amide bonds. The highest BCUT2D eigenvalue weighted by Crippen LogP contribution is 2.37. The zero-order chi connectivity index (χ0) is 30.4. The van der Waals surface area contributed by atoms with E-state index in [1.807, 2.05) is 47.2 Å². The molecule has 4 aromatic heterocycles. The maximum atomic E-state index is 13.9. The summed E-state index contributed by atoms with van der Waals surface area (Å²) in [5.74, 6) is 1.20. The predicted octanol–water partition coefficient (Wildman–Crippen LogP) is 4.64. The summed E-state index contributed by atoms with van der Waals surface area (Å²) in [5.41, 5.74) is 11.5. The molecule has 44 heavy (non-hydrogen) atoms. The number of rotatable bonds is 7. The fraction of sp³-hybridized carbons (Fsp3) is 0.281. The third kappa shape index (κ3) is 4.90. The molecule has 1 fully saturated rings. The molecule has 0 spiro atoms. The summed E-state index contributed by atoms with van der Waals surface area (Å²) in [6.07, 6.45) is 6.16. The van der Waals surface area contributed by atoms with Gasteiger partial charge in [0.25, 0.3) is 6.43 Å². The van der Waals surface area contributed by atoms with Gasteiger partial charge in [-0.1, -0.05) is 12.6 Å². The third-order valence-corrected chi connectivity index (χ3v) is 8.60. The number of benzene rings is 1. The zero-order valence-corrected chi connectivity index (χ0v) is 23.9. The normalized spacial score (nSPS) is 19.9. The van der Waals surface area contributed by atoms with Crippen LogP contribution in [0.3, 0.4) is 0 Å². The Balaban J connectivity index is 1.22. The van der Waals surface area contributed by atoms with E-state index in [4.69, 9.17) is 15.7 Å². The molecule has 10 nitrogen and oxygen atoms in total. The van der Waals surface area contributed by atoms with Crippen LogP contribution in [0.25, 0.3) is 34.1 Å². The molecule has 12 heteroatoms. The lowest BCUT2D eigenvalue weighted by Crippen LogP contribution is -2.53. The smallest absolute Gasteiger partial charge is 0.258 e. The van der Waals surface area contributed by atoms with Gasteiger partial charge in [-0.2, -0.15) is 5.10 Å². The molecule has 5 heterocycles. The van der Waals surface area contributed by atoms with Gasteiger partial charge in [-0.3, -0.25) is 9.36 Å². The lowest BCUT2D eigenvalue weighted by Gasteiger charge is -2.39. The van der Waals surface area contributed by atoms with Gasteiger partial charge in [0.05, 0.1) is 11.6 Å². The average molecular weight is 596 g/mol. The van der Waals surface area contributed by atoms with Crippen molar-refractivity contribution in [1.29, 1.82) is 0 Å². The number of anilines is 1. The van der Waals surface area contributed by atoms with Crippen LogP contribution in [0.2, 0.25) is 0 Å². The summed E-state index contributed by atoms with van der Waals surface area (Å²) >= 11 is 0. The minimum atomic E-state index is -2.61. The number of piperidine rings is 1. The molecule has 224 valence electrons. The third-order valence-electron chi connectivity index (χ3n) is 8.60. The van der Waals surface area contributed by atoms with Crippen LogP contribution < -0.4 is 11.1 Å². The second-order valence-corrected chi connectivity index (χ2v) is 11.2. The standard InChI is InChI=1S/C32H31F2N9O/c1-2-28(44)41-16-12-20(18-26(41)29(33)34)38-24-9-6-19-17-21(7-8-22(19)24)43-31(23-5-3-13-36-30(23)35)39-25-10-11-27(40-32(25)43)42-15-4-14-37-42/h2-5,7-8,10-11,13-15,17,20,24,26,29,38H,1,6,9,12,16,18H2,(H2,35,36)/t20?,24?,26-/m0/s1. The Bertz CT molecular complexity index is 1850. The van der Waals surface area contributed by atoms with Gasteiger partial charge in [-0.15, -0.1) is 0 Å². The quantitative estimate of drug-likeness (QED) is 0.263. The molecule has 1 saturated heterocycles. The highest BCUT2D eigenvalue weighted by atomic mass is 19.3. The number of nitrogen functional groups attached to an aromatic ring is 1. The van der Waals surface area contributed by atoms with Crippen molar-refractivity contribution < 1.29 is 13.6 Å². The number of carbonyl (C=O) groups excluding carboxylic acids is 1. The molecular weight excluding hydrogens is 564 g/mol. The van der Waals surface area contributed by atoms with Crippen LogP contribution >= 0.6 is 0 Å². The van der Waals surface area contributed by atoms with E-state index < -0.39 is 18.4 Å². The number of aromatic nitrogens is 6. The fourth-order valence-corrected chi connectivity index (χ4v) is 6.49. The Hall–Kier alpha value is -4.97. The number of aryl methyl sites for hydroxylation is 1. The number of halogens is 2. The molecule has 2 aliphatic rings. The van der Waals surface area contributed by atoms with E-state index in [1.54, 1.807) is 17.1 Å². The van der Waals surface area contributed by atoms with Crippen molar-refractivity contribution in [2.75, 3.05) is 12.3 Å². The Morgan fingerprint density at radius 1 is 1.11 bits per heavy atom. The number of pyridine rings is 2. The summed E-state index contributed by atoms with van der Waals surface area (Å²) in [6.45, 7) is 3.74. The van der Waals surface area contributed by atoms with Crippen LogP contribution in [0, 0.1) is 0 Å². The Morgan fingerprint density at radius 3 is 2.77 bits per heavy atom. The number of likely N-dealkylation sites (tertiary alicyclic amines) is 1. The molecule has 0 bridgehead atoms. The molecule has 3 atom stereocenters. The predicted molar refractivity (Wildman–Crippen MR) is 163 cm³/mol. The van der Waals surface area contributed by atoms with Crippen LogP contribution in [-0.2, 0) is 11.2 Å². The number of hydrogen-bond donors (Lipinski definition) is 2. The molecule has 5 aromatic rings. The summed E-state index contributed by atoms with van der Waals surface area (Å²) in [4.78, 5) is 27.5. The van der Waals surface area contributed by atoms with Crippen molar-refractivity contribution in [2.24, 2.45) is 0 Å². The second kappa shape index (κ2) is 11.3. The Labute approximate surface area is 252 Å². The van der Waals surface area contributed by atoms with E-state index in [0.29, 0.717) is 40.6 Å².